The van der Waals surface area contributed by atoms with Crippen LogP contribution in [0.25, 0.3) is 0 Å². The van der Waals surface area contributed by atoms with Crippen LogP contribution >= 0.6 is 0 Å². The molecule has 0 amide bonds. The number of halogens is 1. The third-order valence-corrected chi connectivity index (χ3v) is 5.32. The highest BCUT2D eigenvalue weighted by atomic mass is 19.1. The van der Waals surface area contributed by atoms with Crippen LogP contribution in [0.3, 0.4) is 0 Å². The highest BCUT2D eigenvalue weighted by molar-refractivity contribution is 5.21. The Labute approximate surface area is 147 Å². The van der Waals surface area contributed by atoms with Crippen molar-refractivity contribution < 1.29 is 9.13 Å². The molecule has 1 atom stereocenters. The maximum atomic E-state index is 13.6. The highest BCUT2D eigenvalue weighted by Crippen LogP contribution is 2.33. The molecule has 0 bridgehead atoms. The van der Waals surface area contributed by atoms with E-state index in [1.54, 1.807) is 12.1 Å². The van der Waals surface area contributed by atoms with Gasteiger partial charge in [0.1, 0.15) is 5.82 Å². The molecular formula is C18H24FN5O. The van der Waals surface area contributed by atoms with Gasteiger partial charge in [-0.1, -0.05) is 12.1 Å². The van der Waals surface area contributed by atoms with Crippen molar-refractivity contribution in [2.45, 2.75) is 44.8 Å². The summed E-state index contributed by atoms with van der Waals surface area (Å²) in [7, 11) is 0. The summed E-state index contributed by atoms with van der Waals surface area (Å²) < 4.78 is 21.0. The number of benzene rings is 1. The predicted octanol–water partition coefficient (Wildman–Crippen LogP) is 2.58. The largest absolute Gasteiger partial charge is 0.381 e. The molecule has 2 fully saturated rings. The van der Waals surface area contributed by atoms with Crippen LogP contribution in [0.1, 0.15) is 43.1 Å². The molecule has 7 heteroatoms. The minimum absolute atomic E-state index is 0.172. The van der Waals surface area contributed by atoms with Gasteiger partial charge in [0.05, 0.1) is 6.54 Å². The standard InChI is InChI=1S/C18H24FN5O/c19-16-4-1-3-15(11-16)17-5-2-8-23(17)13-18-20-21-22-24(18)12-14-6-9-25-10-7-14/h1,3-4,11,14,17H,2,5-10,12-13H2/t17-/m0/s1. The van der Waals surface area contributed by atoms with E-state index in [9.17, 15) is 4.39 Å². The Morgan fingerprint density at radius 2 is 2.08 bits per heavy atom. The van der Waals surface area contributed by atoms with Crippen LogP contribution in [0.5, 0.6) is 0 Å². The Hall–Kier alpha value is -1.86. The van der Waals surface area contributed by atoms with E-state index >= 15 is 0 Å². The molecule has 2 aliphatic heterocycles. The van der Waals surface area contributed by atoms with Crippen molar-refractivity contribution in [2.24, 2.45) is 5.92 Å². The van der Waals surface area contributed by atoms with Crippen LogP contribution in [0.4, 0.5) is 4.39 Å². The molecule has 2 aliphatic rings. The van der Waals surface area contributed by atoms with Gasteiger partial charge in [-0.2, -0.15) is 0 Å². The molecule has 1 aromatic heterocycles. The molecule has 6 nitrogen and oxygen atoms in total. The number of hydrogen-bond acceptors (Lipinski definition) is 5. The topological polar surface area (TPSA) is 56.1 Å². The van der Waals surface area contributed by atoms with Crippen LogP contribution < -0.4 is 0 Å². The molecule has 0 N–H and O–H groups in total. The van der Waals surface area contributed by atoms with Crippen molar-refractivity contribution in [3.05, 3.63) is 41.5 Å². The summed E-state index contributed by atoms with van der Waals surface area (Å²) in [5.41, 5.74) is 1.04. The van der Waals surface area contributed by atoms with E-state index in [1.165, 1.54) is 6.07 Å². The van der Waals surface area contributed by atoms with Crippen LogP contribution in [0, 0.1) is 11.7 Å². The molecule has 0 spiro atoms. The van der Waals surface area contributed by atoms with Crippen molar-refractivity contribution >= 4 is 0 Å². The normalized spacial score (nSPS) is 22.5. The first-order chi connectivity index (χ1) is 12.3. The van der Waals surface area contributed by atoms with E-state index in [-0.39, 0.29) is 11.9 Å². The quantitative estimate of drug-likeness (QED) is 0.834. The number of tetrazole rings is 1. The van der Waals surface area contributed by atoms with Gasteiger partial charge in [-0.25, -0.2) is 9.07 Å². The van der Waals surface area contributed by atoms with Gasteiger partial charge >= 0.3 is 0 Å². The summed E-state index contributed by atoms with van der Waals surface area (Å²) in [6, 6.07) is 7.18. The minimum atomic E-state index is -0.172. The lowest BCUT2D eigenvalue weighted by atomic mass is 10.0. The second-order valence-electron chi connectivity index (χ2n) is 7.02. The van der Waals surface area contributed by atoms with E-state index in [1.807, 2.05) is 10.7 Å². The van der Waals surface area contributed by atoms with Gasteiger partial charge in [-0.3, -0.25) is 4.90 Å². The van der Waals surface area contributed by atoms with Crippen molar-refractivity contribution in [1.29, 1.82) is 0 Å². The number of rotatable bonds is 5. The van der Waals surface area contributed by atoms with E-state index < -0.39 is 0 Å². The van der Waals surface area contributed by atoms with Gasteiger partial charge in [0.25, 0.3) is 0 Å². The van der Waals surface area contributed by atoms with Crippen molar-refractivity contribution in [1.82, 2.24) is 25.1 Å². The summed E-state index contributed by atoms with van der Waals surface area (Å²) in [5, 5.41) is 12.3. The molecule has 0 unspecified atom stereocenters. The SMILES string of the molecule is Fc1cccc([C@@H]2CCCN2Cc2nnnn2CC2CCOCC2)c1. The van der Waals surface area contributed by atoms with Crippen molar-refractivity contribution in [2.75, 3.05) is 19.8 Å². The summed E-state index contributed by atoms with van der Waals surface area (Å²) >= 11 is 0. The van der Waals surface area contributed by atoms with Gasteiger partial charge in [-0.05, 0) is 66.3 Å². The van der Waals surface area contributed by atoms with Crippen LogP contribution in [-0.4, -0.2) is 44.9 Å². The Bertz CT molecular complexity index is 700. The Balaban J connectivity index is 1.45. The number of nitrogens with zero attached hydrogens (tertiary/aromatic N) is 5. The fourth-order valence-electron chi connectivity index (χ4n) is 3.94. The molecule has 4 rings (SSSR count). The summed E-state index contributed by atoms with van der Waals surface area (Å²) in [5.74, 6) is 1.30. The lowest BCUT2D eigenvalue weighted by Crippen LogP contribution is -2.27. The summed E-state index contributed by atoms with van der Waals surface area (Å²) in [4.78, 5) is 2.36. The lowest BCUT2D eigenvalue weighted by molar-refractivity contribution is 0.0593. The molecule has 2 saturated heterocycles. The monoisotopic (exact) mass is 345 g/mol. The van der Waals surface area contributed by atoms with Crippen molar-refractivity contribution in [3.8, 4) is 0 Å². The van der Waals surface area contributed by atoms with Gasteiger partial charge in [0, 0.05) is 25.8 Å². The Morgan fingerprint density at radius 3 is 2.92 bits per heavy atom. The molecule has 0 aliphatic carbocycles. The van der Waals surface area contributed by atoms with E-state index in [4.69, 9.17) is 4.74 Å². The lowest BCUT2D eigenvalue weighted by Gasteiger charge is -2.25. The minimum Gasteiger partial charge on any atom is -0.381 e. The maximum Gasteiger partial charge on any atom is 0.165 e. The van der Waals surface area contributed by atoms with Crippen LogP contribution in [-0.2, 0) is 17.8 Å². The van der Waals surface area contributed by atoms with Gasteiger partial charge in [0.15, 0.2) is 5.82 Å². The average molecular weight is 345 g/mol. The maximum absolute atomic E-state index is 13.6. The third-order valence-electron chi connectivity index (χ3n) is 5.32. The number of hydrogen-bond donors (Lipinski definition) is 0. The van der Waals surface area contributed by atoms with Crippen LogP contribution in [0.2, 0.25) is 0 Å². The Kier molecular flexibility index (Phi) is 5.03. The van der Waals surface area contributed by atoms with Crippen molar-refractivity contribution in [3.63, 3.8) is 0 Å². The number of likely N-dealkylation sites (tertiary alicyclic amines) is 1. The van der Waals surface area contributed by atoms with E-state index in [0.29, 0.717) is 12.5 Å². The number of ether oxygens (including phenoxy) is 1. The molecule has 134 valence electrons. The second kappa shape index (κ2) is 7.58. The highest BCUT2D eigenvalue weighted by Gasteiger charge is 2.28. The van der Waals surface area contributed by atoms with Gasteiger partial charge < -0.3 is 4.74 Å². The first kappa shape index (κ1) is 16.6. The molecule has 0 radical (unpaired) electrons. The smallest absolute Gasteiger partial charge is 0.165 e. The fourth-order valence-corrected chi connectivity index (χ4v) is 3.94. The van der Waals surface area contributed by atoms with E-state index in [0.717, 1.165) is 63.4 Å². The second-order valence-corrected chi connectivity index (χ2v) is 7.02. The molecule has 25 heavy (non-hydrogen) atoms. The number of aromatic nitrogens is 4. The van der Waals surface area contributed by atoms with Gasteiger partial charge in [-0.15, -0.1) is 5.10 Å². The summed E-state index contributed by atoms with van der Waals surface area (Å²) in [6.45, 7) is 4.21. The molecular weight excluding hydrogens is 321 g/mol. The zero-order valence-corrected chi connectivity index (χ0v) is 14.4. The van der Waals surface area contributed by atoms with Crippen LogP contribution in [0.15, 0.2) is 24.3 Å². The zero-order valence-electron chi connectivity index (χ0n) is 14.4. The van der Waals surface area contributed by atoms with Gasteiger partial charge in [0.2, 0.25) is 0 Å². The molecule has 0 saturated carbocycles. The first-order valence-electron chi connectivity index (χ1n) is 9.12. The van der Waals surface area contributed by atoms with E-state index in [2.05, 4.69) is 20.4 Å². The zero-order chi connectivity index (χ0) is 17.1. The average Bonchev–Trinajstić information content (AvgIpc) is 3.26. The summed E-state index contributed by atoms with van der Waals surface area (Å²) in [6.07, 6.45) is 4.29. The third kappa shape index (κ3) is 3.88. The molecule has 3 heterocycles. The Morgan fingerprint density at radius 1 is 1.20 bits per heavy atom. The first-order valence-corrected chi connectivity index (χ1v) is 9.12. The fraction of sp³-hybridized carbons (Fsp3) is 0.611. The predicted molar refractivity (Wildman–Crippen MR) is 90.1 cm³/mol. The molecule has 2 aromatic rings. The molecule has 1 aromatic carbocycles.